The van der Waals surface area contributed by atoms with Crippen molar-refractivity contribution >= 4 is 0 Å². The highest BCUT2D eigenvalue weighted by atomic mass is 16.5. The predicted molar refractivity (Wildman–Crippen MR) is 65.5 cm³/mol. The Kier molecular flexibility index (Phi) is 9.06. The Labute approximate surface area is 94.7 Å². The minimum atomic E-state index is 0.263. The summed E-state index contributed by atoms with van der Waals surface area (Å²) in [6, 6.07) is 0.292. The van der Waals surface area contributed by atoms with Crippen molar-refractivity contribution in [3.05, 3.63) is 0 Å². The summed E-state index contributed by atoms with van der Waals surface area (Å²) in [7, 11) is 0. The Hall–Kier alpha value is -0.120. The maximum absolute atomic E-state index is 5.74. The van der Waals surface area contributed by atoms with Crippen LogP contribution in [0.1, 0.15) is 53.4 Å². The Bertz CT molecular complexity index is 136. The van der Waals surface area contributed by atoms with Gasteiger partial charge in [0.05, 0.1) is 6.10 Å². The number of nitrogens with two attached hydrogens (primary N) is 1. The van der Waals surface area contributed by atoms with Crippen LogP contribution < -0.4 is 11.3 Å². The van der Waals surface area contributed by atoms with E-state index in [-0.39, 0.29) is 6.10 Å². The first-order valence-electron chi connectivity index (χ1n) is 6.27. The molecule has 0 aliphatic rings. The van der Waals surface area contributed by atoms with Crippen LogP contribution in [-0.4, -0.2) is 18.8 Å². The van der Waals surface area contributed by atoms with E-state index in [1.54, 1.807) is 0 Å². The summed E-state index contributed by atoms with van der Waals surface area (Å²) in [5.41, 5.74) is 2.91. The highest BCUT2D eigenvalue weighted by Gasteiger charge is 2.21. The van der Waals surface area contributed by atoms with Gasteiger partial charge >= 0.3 is 0 Å². The quantitative estimate of drug-likeness (QED) is 0.460. The molecule has 0 fully saturated rings. The van der Waals surface area contributed by atoms with Gasteiger partial charge in [0.25, 0.3) is 0 Å². The number of rotatable bonds is 9. The number of hydrogen-bond donors (Lipinski definition) is 2. The Morgan fingerprint density at radius 3 is 2.33 bits per heavy atom. The van der Waals surface area contributed by atoms with E-state index < -0.39 is 0 Å². The average Bonchev–Trinajstić information content (AvgIpc) is 2.25. The van der Waals surface area contributed by atoms with Gasteiger partial charge in [0.1, 0.15) is 0 Å². The van der Waals surface area contributed by atoms with Crippen LogP contribution in [0.15, 0.2) is 0 Å². The smallest absolute Gasteiger partial charge is 0.0741 e. The van der Waals surface area contributed by atoms with Crippen molar-refractivity contribution in [2.75, 3.05) is 6.61 Å². The minimum absolute atomic E-state index is 0.263. The van der Waals surface area contributed by atoms with Crippen LogP contribution in [0, 0.1) is 5.92 Å². The topological polar surface area (TPSA) is 47.3 Å². The SMILES string of the molecule is CCCC(OCC)C(CC(C)CC)NN. The van der Waals surface area contributed by atoms with Gasteiger partial charge in [-0.05, 0) is 25.7 Å². The van der Waals surface area contributed by atoms with E-state index in [9.17, 15) is 0 Å². The third-order valence-electron chi connectivity index (χ3n) is 2.97. The van der Waals surface area contributed by atoms with Gasteiger partial charge in [-0.25, -0.2) is 0 Å². The van der Waals surface area contributed by atoms with E-state index in [2.05, 4.69) is 26.2 Å². The molecule has 0 aromatic carbocycles. The molecule has 3 heteroatoms. The van der Waals surface area contributed by atoms with Crippen LogP contribution in [0.5, 0.6) is 0 Å². The summed E-state index contributed by atoms with van der Waals surface area (Å²) < 4.78 is 5.74. The van der Waals surface area contributed by atoms with Crippen molar-refractivity contribution in [3.63, 3.8) is 0 Å². The molecular formula is C12H28N2O. The molecule has 92 valence electrons. The van der Waals surface area contributed by atoms with Crippen molar-refractivity contribution < 1.29 is 4.74 Å². The van der Waals surface area contributed by atoms with Gasteiger partial charge in [-0.2, -0.15) is 0 Å². The number of hydrazine groups is 1. The molecule has 0 aliphatic heterocycles. The molecule has 0 amide bonds. The van der Waals surface area contributed by atoms with E-state index in [0.717, 1.165) is 25.9 Å². The van der Waals surface area contributed by atoms with E-state index in [0.29, 0.717) is 12.0 Å². The van der Waals surface area contributed by atoms with Crippen molar-refractivity contribution in [2.45, 2.75) is 65.5 Å². The minimum Gasteiger partial charge on any atom is -0.377 e. The number of ether oxygens (including phenoxy) is 1. The molecule has 0 aliphatic carbocycles. The normalized spacial score (nSPS) is 17.4. The second kappa shape index (κ2) is 9.13. The van der Waals surface area contributed by atoms with E-state index in [1.807, 2.05) is 6.92 Å². The number of hydrogen-bond acceptors (Lipinski definition) is 3. The van der Waals surface area contributed by atoms with Gasteiger partial charge in [-0.3, -0.25) is 11.3 Å². The first kappa shape index (κ1) is 14.9. The molecule has 3 atom stereocenters. The molecule has 15 heavy (non-hydrogen) atoms. The average molecular weight is 216 g/mol. The van der Waals surface area contributed by atoms with Gasteiger partial charge in [-0.15, -0.1) is 0 Å². The first-order valence-corrected chi connectivity index (χ1v) is 6.27. The summed E-state index contributed by atoms with van der Waals surface area (Å²) in [6.45, 7) is 9.47. The van der Waals surface area contributed by atoms with Crippen molar-refractivity contribution in [3.8, 4) is 0 Å². The van der Waals surface area contributed by atoms with Crippen LogP contribution >= 0.6 is 0 Å². The second-order valence-electron chi connectivity index (χ2n) is 4.30. The molecule has 0 radical (unpaired) electrons. The lowest BCUT2D eigenvalue weighted by Gasteiger charge is -2.28. The molecule has 0 saturated heterocycles. The van der Waals surface area contributed by atoms with E-state index in [1.165, 1.54) is 6.42 Å². The highest BCUT2D eigenvalue weighted by molar-refractivity contribution is 4.76. The van der Waals surface area contributed by atoms with Crippen LogP contribution in [0.4, 0.5) is 0 Å². The molecule has 0 heterocycles. The van der Waals surface area contributed by atoms with Crippen LogP contribution in [0.25, 0.3) is 0 Å². The lowest BCUT2D eigenvalue weighted by molar-refractivity contribution is 0.0220. The Morgan fingerprint density at radius 1 is 1.27 bits per heavy atom. The van der Waals surface area contributed by atoms with Gasteiger partial charge in [-0.1, -0.05) is 33.6 Å². The maximum atomic E-state index is 5.74. The van der Waals surface area contributed by atoms with Crippen molar-refractivity contribution in [1.82, 2.24) is 5.43 Å². The molecule has 0 saturated carbocycles. The summed E-state index contributed by atoms with van der Waals surface area (Å²) in [6.07, 6.45) is 4.78. The molecule has 0 aromatic heterocycles. The van der Waals surface area contributed by atoms with Gasteiger partial charge in [0, 0.05) is 12.6 Å². The van der Waals surface area contributed by atoms with E-state index in [4.69, 9.17) is 10.6 Å². The lowest BCUT2D eigenvalue weighted by Crippen LogP contribution is -2.46. The van der Waals surface area contributed by atoms with Crippen LogP contribution in [-0.2, 0) is 4.74 Å². The maximum Gasteiger partial charge on any atom is 0.0741 e. The van der Waals surface area contributed by atoms with Gasteiger partial charge < -0.3 is 4.74 Å². The molecule has 3 nitrogen and oxygen atoms in total. The molecule has 3 unspecified atom stereocenters. The third kappa shape index (κ3) is 6.13. The lowest BCUT2D eigenvalue weighted by atomic mass is 9.94. The molecule has 0 bridgehead atoms. The highest BCUT2D eigenvalue weighted by Crippen LogP contribution is 2.16. The molecule has 0 rings (SSSR count). The Morgan fingerprint density at radius 2 is 1.93 bits per heavy atom. The van der Waals surface area contributed by atoms with Crippen molar-refractivity contribution in [1.29, 1.82) is 0 Å². The van der Waals surface area contributed by atoms with Crippen LogP contribution in [0.2, 0.25) is 0 Å². The zero-order chi connectivity index (χ0) is 11.7. The third-order valence-corrected chi connectivity index (χ3v) is 2.97. The molecule has 0 aromatic rings. The van der Waals surface area contributed by atoms with Crippen molar-refractivity contribution in [2.24, 2.45) is 11.8 Å². The summed E-state index contributed by atoms with van der Waals surface area (Å²) in [5.74, 6) is 6.31. The van der Waals surface area contributed by atoms with Gasteiger partial charge in [0.15, 0.2) is 0 Å². The Balaban J connectivity index is 4.16. The largest absolute Gasteiger partial charge is 0.377 e. The monoisotopic (exact) mass is 216 g/mol. The van der Waals surface area contributed by atoms with E-state index >= 15 is 0 Å². The predicted octanol–water partition coefficient (Wildman–Crippen LogP) is 2.46. The van der Waals surface area contributed by atoms with Crippen LogP contribution in [0.3, 0.4) is 0 Å². The summed E-state index contributed by atoms with van der Waals surface area (Å²) in [4.78, 5) is 0. The fraction of sp³-hybridized carbons (Fsp3) is 1.00. The zero-order valence-corrected chi connectivity index (χ0v) is 10.8. The standard InChI is InChI=1S/C12H28N2O/c1-5-8-12(15-7-3)11(14-13)9-10(4)6-2/h10-12,14H,5-9,13H2,1-4H3. The van der Waals surface area contributed by atoms with Gasteiger partial charge in [0.2, 0.25) is 0 Å². The molecular weight excluding hydrogens is 188 g/mol. The fourth-order valence-corrected chi connectivity index (χ4v) is 1.83. The zero-order valence-electron chi connectivity index (χ0n) is 10.8. The molecule has 0 spiro atoms. The second-order valence-corrected chi connectivity index (χ2v) is 4.30. The summed E-state index contributed by atoms with van der Waals surface area (Å²) in [5, 5.41) is 0. The number of nitrogens with one attached hydrogen (secondary N) is 1. The summed E-state index contributed by atoms with van der Waals surface area (Å²) >= 11 is 0. The first-order chi connectivity index (χ1) is 7.19. The fourth-order valence-electron chi connectivity index (χ4n) is 1.83. The molecule has 3 N–H and O–H groups in total.